The van der Waals surface area contributed by atoms with Gasteiger partial charge in [-0.2, -0.15) is 0 Å². The van der Waals surface area contributed by atoms with Gasteiger partial charge >= 0.3 is 0 Å². The number of rotatable bonds is 15. The molecule has 0 aromatic heterocycles. The summed E-state index contributed by atoms with van der Waals surface area (Å²) in [4.78, 5) is 2.13. The molecule has 214 valence electrons. The fourth-order valence-electron chi connectivity index (χ4n) is 4.11. The Kier molecular flexibility index (Phi) is 13.2. The third-order valence-corrected chi connectivity index (χ3v) is 6.35. The average Bonchev–Trinajstić information content (AvgIpc) is 2.87. The predicted octanol–water partition coefficient (Wildman–Crippen LogP) is 0.613. The van der Waals surface area contributed by atoms with E-state index in [2.05, 4.69) is 4.90 Å². The second-order valence-corrected chi connectivity index (χ2v) is 9.27. The van der Waals surface area contributed by atoms with Crippen LogP contribution in [-0.4, -0.2) is 111 Å². The van der Waals surface area contributed by atoms with Crippen molar-refractivity contribution in [2.45, 2.75) is 54.9 Å². The van der Waals surface area contributed by atoms with E-state index in [-0.39, 0.29) is 36.8 Å². The van der Waals surface area contributed by atoms with Crippen LogP contribution in [-0.2, 0) is 14.2 Å². The van der Waals surface area contributed by atoms with Crippen molar-refractivity contribution in [1.82, 2.24) is 4.90 Å². The first-order valence-electron chi connectivity index (χ1n) is 12.6. The van der Waals surface area contributed by atoms with Crippen LogP contribution < -0.4 is 0 Å². The molecule has 6 atom stereocenters. The van der Waals surface area contributed by atoms with Gasteiger partial charge in [0.1, 0.15) is 18.3 Å². The molecule has 3 aliphatic carbocycles. The van der Waals surface area contributed by atoms with Crippen molar-refractivity contribution in [3.8, 4) is 0 Å². The maximum Gasteiger partial charge on any atom is 0.216 e. The number of nitrogens with zero attached hydrogens (tertiary/aromatic N) is 1. The number of ether oxygens (including phenoxy) is 3. The zero-order valence-electron chi connectivity index (χ0n) is 21.3. The van der Waals surface area contributed by atoms with Crippen LogP contribution in [0.2, 0.25) is 0 Å². The van der Waals surface area contributed by atoms with Crippen molar-refractivity contribution < 1.29 is 44.8 Å². The van der Waals surface area contributed by atoms with Crippen molar-refractivity contribution in [2.75, 3.05) is 39.5 Å². The topological polar surface area (TPSA) is 152 Å². The molecule has 0 aromatic carbocycles. The first-order chi connectivity index (χ1) is 17.7. The van der Waals surface area contributed by atoms with E-state index in [1.165, 1.54) is 36.5 Å². The Hall–Kier alpha value is -1.48. The Morgan fingerprint density at radius 3 is 1.08 bits per heavy atom. The van der Waals surface area contributed by atoms with Gasteiger partial charge < -0.3 is 49.7 Å². The van der Waals surface area contributed by atoms with Crippen molar-refractivity contribution in [3.63, 3.8) is 0 Å². The number of hydrogen-bond donors (Lipinski definition) is 6. The lowest BCUT2D eigenvalue weighted by Crippen LogP contribution is -2.44. The Labute approximate surface area is 233 Å². The SMILES string of the molecule is Br.OC1C=CC=CC1(O)OCCCN(CCCOC1(O)C=CC=CC1O)CCCOC1(O)C=CC=CC1O. The first-order valence-corrected chi connectivity index (χ1v) is 12.6. The zero-order chi connectivity index (χ0) is 26.8. The van der Waals surface area contributed by atoms with Crippen LogP contribution in [0.4, 0.5) is 0 Å². The molecule has 0 aliphatic heterocycles. The molecule has 0 radical (unpaired) electrons. The summed E-state index contributed by atoms with van der Waals surface area (Å²) in [5.74, 6) is -5.26. The van der Waals surface area contributed by atoms with E-state index >= 15 is 0 Å². The number of allylic oxidation sites excluding steroid dienone is 6. The minimum absolute atomic E-state index is 0. The van der Waals surface area contributed by atoms with Crippen molar-refractivity contribution in [2.24, 2.45) is 0 Å². The molecule has 0 saturated heterocycles. The van der Waals surface area contributed by atoms with Gasteiger partial charge in [0.15, 0.2) is 0 Å². The van der Waals surface area contributed by atoms with Crippen molar-refractivity contribution in [3.05, 3.63) is 72.9 Å². The lowest BCUT2D eigenvalue weighted by Gasteiger charge is -2.32. The minimum atomic E-state index is -1.75. The third kappa shape index (κ3) is 9.32. The van der Waals surface area contributed by atoms with E-state index in [4.69, 9.17) is 14.2 Å². The van der Waals surface area contributed by atoms with Gasteiger partial charge in [-0.1, -0.05) is 54.7 Å². The summed E-state index contributed by atoms with van der Waals surface area (Å²) >= 11 is 0. The largest absolute Gasteiger partial charge is 0.383 e. The Morgan fingerprint density at radius 1 is 0.526 bits per heavy atom. The van der Waals surface area contributed by atoms with Gasteiger partial charge in [0.25, 0.3) is 0 Å². The Balaban J connectivity index is 0.00000507. The van der Waals surface area contributed by atoms with Crippen LogP contribution in [0.15, 0.2) is 72.9 Å². The second kappa shape index (κ2) is 15.3. The smallest absolute Gasteiger partial charge is 0.216 e. The van der Waals surface area contributed by atoms with E-state index in [1.807, 2.05) is 0 Å². The maximum atomic E-state index is 10.4. The van der Waals surface area contributed by atoms with Crippen LogP contribution in [0.25, 0.3) is 0 Å². The molecular formula is C27H40BrNO9. The van der Waals surface area contributed by atoms with Crippen LogP contribution in [0.5, 0.6) is 0 Å². The standard InChI is InChI=1S/C27H39NO9.BrH/c29-22-10-1-4-13-25(22,32)35-19-7-16-28(17-8-20-36-26(33)14-5-2-11-23(26)30)18-9-21-37-27(34)15-6-3-12-24(27)31;/h1-6,10-15,22-24,29-34H,7-9,16-21H2;1H. The van der Waals surface area contributed by atoms with Crippen molar-refractivity contribution in [1.29, 1.82) is 0 Å². The molecule has 0 heterocycles. The normalized spacial score (nSPS) is 33.7. The van der Waals surface area contributed by atoms with Gasteiger partial charge in [-0.15, -0.1) is 17.0 Å². The molecule has 0 aromatic rings. The molecule has 3 rings (SSSR count). The molecule has 38 heavy (non-hydrogen) atoms. The quantitative estimate of drug-likeness (QED) is 0.116. The highest BCUT2D eigenvalue weighted by Gasteiger charge is 2.35. The van der Waals surface area contributed by atoms with E-state index in [0.29, 0.717) is 38.9 Å². The summed E-state index contributed by atoms with van der Waals surface area (Å²) in [5.41, 5.74) is 0. The molecule has 0 bridgehead atoms. The highest BCUT2D eigenvalue weighted by molar-refractivity contribution is 8.93. The summed E-state index contributed by atoms with van der Waals surface area (Å²) < 4.78 is 16.6. The fraction of sp³-hybridized carbons (Fsp3) is 0.556. The summed E-state index contributed by atoms with van der Waals surface area (Å²) in [6.45, 7) is 2.45. The van der Waals surface area contributed by atoms with Gasteiger partial charge in [0.05, 0.1) is 19.8 Å². The van der Waals surface area contributed by atoms with Gasteiger partial charge in [-0.25, -0.2) is 0 Å². The number of hydrogen-bond acceptors (Lipinski definition) is 10. The lowest BCUT2D eigenvalue weighted by molar-refractivity contribution is -0.214. The zero-order valence-corrected chi connectivity index (χ0v) is 23.0. The van der Waals surface area contributed by atoms with E-state index in [0.717, 1.165) is 0 Å². The minimum Gasteiger partial charge on any atom is -0.383 e. The predicted molar refractivity (Wildman–Crippen MR) is 146 cm³/mol. The molecule has 0 spiro atoms. The summed E-state index contributed by atoms with van der Waals surface area (Å²) in [6, 6.07) is 0. The third-order valence-electron chi connectivity index (χ3n) is 6.35. The van der Waals surface area contributed by atoms with Crippen LogP contribution in [0, 0.1) is 0 Å². The molecular weight excluding hydrogens is 562 g/mol. The molecule has 10 nitrogen and oxygen atoms in total. The number of aliphatic hydroxyl groups excluding tert-OH is 3. The van der Waals surface area contributed by atoms with E-state index < -0.39 is 35.7 Å². The van der Waals surface area contributed by atoms with E-state index in [9.17, 15) is 30.6 Å². The summed E-state index contributed by atoms with van der Waals surface area (Å²) in [5, 5.41) is 61.2. The Morgan fingerprint density at radius 2 is 0.816 bits per heavy atom. The van der Waals surface area contributed by atoms with Gasteiger partial charge in [0, 0.05) is 19.6 Å². The maximum absolute atomic E-state index is 10.4. The Bertz CT molecular complexity index is 793. The molecule has 11 heteroatoms. The van der Waals surface area contributed by atoms with Crippen LogP contribution >= 0.6 is 17.0 Å². The summed E-state index contributed by atoms with van der Waals surface area (Å²) in [6.07, 6.45) is 16.6. The fourth-order valence-corrected chi connectivity index (χ4v) is 4.11. The monoisotopic (exact) mass is 601 g/mol. The molecule has 0 saturated carbocycles. The van der Waals surface area contributed by atoms with Crippen molar-refractivity contribution >= 4 is 17.0 Å². The lowest BCUT2D eigenvalue weighted by atomic mass is 10.0. The number of halogens is 1. The highest BCUT2D eigenvalue weighted by atomic mass is 79.9. The van der Waals surface area contributed by atoms with Gasteiger partial charge in [-0.3, -0.25) is 0 Å². The van der Waals surface area contributed by atoms with Gasteiger partial charge in [-0.05, 0) is 37.5 Å². The average molecular weight is 603 g/mol. The first kappa shape index (κ1) is 32.7. The summed E-state index contributed by atoms with van der Waals surface area (Å²) in [7, 11) is 0. The molecule has 6 unspecified atom stereocenters. The van der Waals surface area contributed by atoms with E-state index in [1.54, 1.807) is 36.5 Å². The molecule has 0 amide bonds. The molecule has 3 aliphatic rings. The van der Waals surface area contributed by atoms with Gasteiger partial charge in [0.2, 0.25) is 17.4 Å². The number of aliphatic hydroxyl groups is 6. The highest BCUT2D eigenvalue weighted by Crippen LogP contribution is 2.22. The molecule has 6 N–H and O–H groups in total. The van der Waals surface area contributed by atoms with Crippen LogP contribution in [0.1, 0.15) is 19.3 Å². The molecule has 0 fully saturated rings. The van der Waals surface area contributed by atoms with Crippen LogP contribution in [0.3, 0.4) is 0 Å². The second-order valence-electron chi connectivity index (χ2n) is 9.27.